The van der Waals surface area contributed by atoms with Crippen molar-refractivity contribution in [3.8, 4) is 0 Å². The summed E-state index contributed by atoms with van der Waals surface area (Å²) in [7, 11) is 0. The molecule has 20 heavy (non-hydrogen) atoms. The smallest absolute Gasteiger partial charge is 0.249 e. The van der Waals surface area contributed by atoms with Crippen LogP contribution in [0.2, 0.25) is 0 Å². The number of carbonyl (C=O) groups excluding carboxylic acids is 2. The molecular weight excluding hydrogens is 250 g/mol. The lowest BCUT2D eigenvalue weighted by Gasteiger charge is -2.23. The molecule has 0 radical (unpaired) electrons. The first-order valence-electron chi connectivity index (χ1n) is 7.00. The van der Waals surface area contributed by atoms with Crippen LogP contribution < -0.4 is 5.73 Å². The van der Waals surface area contributed by atoms with Gasteiger partial charge in [-0.15, -0.1) is 0 Å². The average Bonchev–Trinajstić information content (AvgIpc) is 2.46. The Morgan fingerprint density at radius 2 is 1.75 bits per heavy atom. The molecule has 0 aliphatic heterocycles. The van der Waals surface area contributed by atoms with Gasteiger partial charge in [0.15, 0.2) is 0 Å². The van der Waals surface area contributed by atoms with Crippen molar-refractivity contribution in [3.05, 3.63) is 47.5 Å². The van der Waals surface area contributed by atoms with Gasteiger partial charge in [-0.2, -0.15) is 0 Å². The number of fused-ring (bicyclic) bond motifs is 1. The molecule has 1 fully saturated rings. The molecule has 102 valence electrons. The molecule has 1 saturated carbocycles. The van der Waals surface area contributed by atoms with E-state index in [0.717, 1.165) is 29.2 Å². The van der Waals surface area contributed by atoms with Gasteiger partial charge in [0.1, 0.15) is 5.78 Å². The molecule has 1 aliphatic carbocycles. The van der Waals surface area contributed by atoms with Crippen LogP contribution in [0.4, 0.5) is 0 Å². The molecule has 0 unspecified atom stereocenters. The third-order valence-corrected chi connectivity index (χ3v) is 4.19. The SMILES string of the molecule is NC(=O)c1c(C2CCC(=O)CC2)ccc2ccccc12. The molecule has 1 aliphatic rings. The molecule has 0 saturated heterocycles. The van der Waals surface area contributed by atoms with Gasteiger partial charge in [-0.3, -0.25) is 9.59 Å². The molecule has 0 heterocycles. The van der Waals surface area contributed by atoms with Gasteiger partial charge >= 0.3 is 0 Å². The van der Waals surface area contributed by atoms with E-state index in [4.69, 9.17) is 5.73 Å². The van der Waals surface area contributed by atoms with Gasteiger partial charge in [-0.05, 0) is 35.1 Å². The van der Waals surface area contributed by atoms with E-state index in [9.17, 15) is 9.59 Å². The number of ketones is 1. The minimum Gasteiger partial charge on any atom is -0.366 e. The van der Waals surface area contributed by atoms with Gasteiger partial charge in [0.2, 0.25) is 5.91 Å². The number of benzene rings is 2. The lowest BCUT2D eigenvalue weighted by atomic mass is 9.80. The van der Waals surface area contributed by atoms with E-state index in [1.807, 2.05) is 36.4 Å². The number of Topliss-reactive ketones (excluding diaryl/α,β-unsaturated/α-hetero) is 1. The molecule has 3 nitrogen and oxygen atoms in total. The van der Waals surface area contributed by atoms with Crippen molar-refractivity contribution in [1.82, 2.24) is 0 Å². The fraction of sp³-hybridized carbons (Fsp3) is 0.294. The van der Waals surface area contributed by atoms with E-state index in [1.165, 1.54) is 0 Å². The Bertz CT molecular complexity index is 680. The summed E-state index contributed by atoms with van der Waals surface area (Å²) in [6, 6.07) is 11.8. The van der Waals surface area contributed by atoms with Crippen molar-refractivity contribution >= 4 is 22.5 Å². The normalized spacial score (nSPS) is 16.5. The molecule has 0 aromatic heterocycles. The minimum atomic E-state index is -0.381. The van der Waals surface area contributed by atoms with Gasteiger partial charge in [-0.1, -0.05) is 36.4 Å². The molecule has 0 spiro atoms. The third kappa shape index (κ3) is 2.20. The summed E-state index contributed by atoms with van der Waals surface area (Å²) in [6.07, 6.45) is 2.85. The predicted molar refractivity (Wildman–Crippen MR) is 78.7 cm³/mol. The first kappa shape index (κ1) is 12.9. The average molecular weight is 267 g/mol. The van der Waals surface area contributed by atoms with Crippen molar-refractivity contribution in [3.63, 3.8) is 0 Å². The lowest BCUT2D eigenvalue weighted by molar-refractivity contribution is -0.120. The first-order valence-corrected chi connectivity index (χ1v) is 7.00. The van der Waals surface area contributed by atoms with E-state index < -0.39 is 0 Å². The summed E-state index contributed by atoms with van der Waals surface area (Å²) in [5, 5.41) is 1.94. The zero-order chi connectivity index (χ0) is 14.1. The molecule has 3 rings (SSSR count). The highest BCUT2D eigenvalue weighted by molar-refractivity contribution is 6.07. The van der Waals surface area contributed by atoms with Crippen molar-refractivity contribution in [2.24, 2.45) is 5.73 Å². The Morgan fingerprint density at radius 1 is 1.05 bits per heavy atom. The molecule has 0 bridgehead atoms. The Balaban J connectivity index is 2.13. The Hall–Kier alpha value is -2.16. The van der Waals surface area contributed by atoms with E-state index in [0.29, 0.717) is 24.2 Å². The van der Waals surface area contributed by atoms with Gasteiger partial charge in [-0.25, -0.2) is 0 Å². The number of hydrogen-bond donors (Lipinski definition) is 1. The predicted octanol–water partition coefficient (Wildman–Crippen LogP) is 3.17. The zero-order valence-electron chi connectivity index (χ0n) is 11.3. The van der Waals surface area contributed by atoms with E-state index in [2.05, 4.69) is 0 Å². The van der Waals surface area contributed by atoms with Crippen LogP contribution in [-0.4, -0.2) is 11.7 Å². The Morgan fingerprint density at radius 3 is 2.45 bits per heavy atom. The van der Waals surface area contributed by atoms with Crippen LogP contribution in [0.3, 0.4) is 0 Å². The van der Waals surface area contributed by atoms with Crippen LogP contribution in [0.5, 0.6) is 0 Å². The summed E-state index contributed by atoms with van der Waals surface area (Å²) >= 11 is 0. The highest BCUT2D eigenvalue weighted by Crippen LogP contribution is 2.35. The molecule has 2 N–H and O–H groups in total. The largest absolute Gasteiger partial charge is 0.366 e. The number of nitrogens with two attached hydrogens (primary N) is 1. The highest BCUT2D eigenvalue weighted by Gasteiger charge is 2.24. The summed E-state index contributed by atoms with van der Waals surface area (Å²) in [5.74, 6) is 0.205. The van der Waals surface area contributed by atoms with Gasteiger partial charge in [0.05, 0.1) is 5.56 Å². The molecule has 0 atom stereocenters. The van der Waals surface area contributed by atoms with Crippen LogP contribution in [-0.2, 0) is 4.79 Å². The molecule has 2 aromatic carbocycles. The van der Waals surface area contributed by atoms with Crippen molar-refractivity contribution in [1.29, 1.82) is 0 Å². The number of hydrogen-bond acceptors (Lipinski definition) is 2. The number of carbonyl (C=O) groups is 2. The Labute approximate surface area is 117 Å². The first-order chi connectivity index (χ1) is 9.66. The quantitative estimate of drug-likeness (QED) is 0.908. The maximum atomic E-state index is 11.9. The van der Waals surface area contributed by atoms with Crippen molar-refractivity contribution in [2.75, 3.05) is 0 Å². The highest BCUT2D eigenvalue weighted by atomic mass is 16.1. The van der Waals surface area contributed by atoms with Crippen LogP contribution >= 0.6 is 0 Å². The maximum absolute atomic E-state index is 11.9. The molecule has 1 amide bonds. The summed E-state index contributed by atoms with van der Waals surface area (Å²) in [4.78, 5) is 23.3. The van der Waals surface area contributed by atoms with E-state index >= 15 is 0 Å². The number of primary amides is 1. The monoisotopic (exact) mass is 267 g/mol. The number of amides is 1. The van der Waals surface area contributed by atoms with Gasteiger partial charge in [0.25, 0.3) is 0 Å². The van der Waals surface area contributed by atoms with Gasteiger partial charge < -0.3 is 5.73 Å². The lowest BCUT2D eigenvalue weighted by Crippen LogP contribution is -2.19. The molecule has 2 aromatic rings. The zero-order valence-corrected chi connectivity index (χ0v) is 11.3. The summed E-state index contributed by atoms with van der Waals surface area (Å²) in [5.41, 5.74) is 7.24. The second kappa shape index (κ2) is 5.08. The maximum Gasteiger partial charge on any atom is 0.249 e. The van der Waals surface area contributed by atoms with Crippen LogP contribution in [0, 0.1) is 0 Å². The second-order valence-electron chi connectivity index (χ2n) is 5.43. The third-order valence-electron chi connectivity index (χ3n) is 4.19. The van der Waals surface area contributed by atoms with Crippen LogP contribution in [0.1, 0.15) is 47.5 Å². The van der Waals surface area contributed by atoms with Crippen LogP contribution in [0.15, 0.2) is 36.4 Å². The standard InChI is InChI=1S/C17H17NO2/c18-17(20)16-14-4-2-1-3-11(14)7-10-15(16)12-5-8-13(19)9-6-12/h1-4,7,10,12H,5-6,8-9H2,(H2,18,20). The summed E-state index contributed by atoms with van der Waals surface area (Å²) in [6.45, 7) is 0. The molecule has 3 heteroatoms. The van der Waals surface area contributed by atoms with Crippen molar-refractivity contribution in [2.45, 2.75) is 31.6 Å². The second-order valence-corrected chi connectivity index (χ2v) is 5.43. The fourth-order valence-electron chi connectivity index (χ4n) is 3.15. The van der Waals surface area contributed by atoms with Crippen LogP contribution in [0.25, 0.3) is 10.8 Å². The number of rotatable bonds is 2. The Kier molecular flexibility index (Phi) is 3.26. The fourth-order valence-corrected chi connectivity index (χ4v) is 3.15. The van der Waals surface area contributed by atoms with E-state index in [-0.39, 0.29) is 11.8 Å². The van der Waals surface area contributed by atoms with E-state index in [1.54, 1.807) is 0 Å². The summed E-state index contributed by atoms with van der Waals surface area (Å²) < 4.78 is 0. The molecular formula is C17H17NO2. The van der Waals surface area contributed by atoms with Crippen molar-refractivity contribution < 1.29 is 9.59 Å². The topological polar surface area (TPSA) is 60.2 Å². The van der Waals surface area contributed by atoms with Gasteiger partial charge in [0, 0.05) is 12.8 Å². The minimum absolute atomic E-state index is 0.264.